The first kappa shape index (κ1) is 16.4. The number of hydrogen-bond donors (Lipinski definition) is 0. The van der Waals surface area contributed by atoms with Gasteiger partial charge in [0.1, 0.15) is 0 Å². The Morgan fingerprint density at radius 1 is 0.727 bits per heavy atom. The zero-order chi connectivity index (χ0) is 16.3. The molecule has 2 heterocycles. The molecule has 0 bridgehead atoms. The number of likely N-dealkylation sites (tertiary alicyclic amines) is 2. The Bertz CT molecular complexity index is 502. The number of amides is 4. The van der Waals surface area contributed by atoms with Gasteiger partial charge in [-0.3, -0.25) is 29.0 Å². The van der Waals surface area contributed by atoms with Crippen LogP contribution in [0.5, 0.6) is 0 Å². The monoisotopic (exact) mass is 306 g/mol. The number of imide groups is 2. The van der Waals surface area contributed by atoms with Crippen LogP contribution in [-0.2, 0) is 19.2 Å². The third-order valence-electron chi connectivity index (χ3n) is 4.10. The van der Waals surface area contributed by atoms with E-state index in [1.807, 2.05) is 13.8 Å². The molecule has 4 amide bonds. The van der Waals surface area contributed by atoms with E-state index in [4.69, 9.17) is 0 Å². The van der Waals surface area contributed by atoms with Crippen LogP contribution in [0.25, 0.3) is 0 Å². The zero-order valence-electron chi connectivity index (χ0n) is 13.2. The lowest BCUT2D eigenvalue weighted by Gasteiger charge is -2.13. The molecule has 0 N–H and O–H groups in total. The van der Waals surface area contributed by atoms with E-state index in [1.54, 1.807) is 0 Å². The minimum absolute atomic E-state index is 0.0570. The Kier molecular flexibility index (Phi) is 5.11. The molecule has 2 aliphatic heterocycles. The molecule has 0 aromatic heterocycles. The number of carbonyl (C=O) groups is 4. The van der Waals surface area contributed by atoms with E-state index >= 15 is 0 Å². The van der Waals surface area contributed by atoms with Crippen molar-refractivity contribution in [3.8, 4) is 0 Å². The van der Waals surface area contributed by atoms with Crippen molar-refractivity contribution in [3.05, 3.63) is 11.1 Å². The van der Waals surface area contributed by atoms with Gasteiger partial charge in [0.2, 0.25) is 11.8 Å². The first-order chi connectivity index (χ1) is 10.5. The molecule has 6 nitrogen and oxygen atoms in total. The van der Waals surface area contributed by atoms with E-state index in [0.717, 1.165) is 25.7 Å². The maximum Gasteiger partial charge on any atom is 0.257 e. The molecule has 2 rings (SSSR count). The molecule has 0 radical (unpaired) electrons. The number of rotatable bonds is 6. The average molecular weight is 306 g/mol. The SMILES string of the molecule is CCCCN1C(=O)C/C(=C2\CC(=O)N(CCCC)C2=O)C1=O. The highest BCUT2D eigenvalue weighted by Gasteiger charge is 2.42. The van der Waals surface area contributed by atoms with E-state index in [1.165, 1.54) is 9.80 Å². The highest BCUT2D eigenvalue weighted by Crippen LogP contribution is 2.29. The topological polar surface area (TPSA) is 74.8 Å². The molecule has 0 atom stereocenters. The van der Waals surface area contributed by atoms with Crippen LogP contribution in [0, 0.1) is 0 Å². The van der Waals surface area contributed by atoms with E-state index in [-0.39, 0.29) is 35.8 Å². The third-order valence-corrected chi connectivity index (χ3v) is 4.10. The maximum absolute atomic E-state index is 12.3. The van der Waals surface area contributed by atoms with Crippen molar-refractivity contribution in [2.45, 2.75) is 52.4 Å². The Balaban J connectivity index is 2.21. The molecule has 2 fully saturated rings. The van der Waals surface area contributed by atoms with Gasteiger partial charge in [-0.15, -0.1) is 0 Å². The number of carbonyl (C=O) groups excluding carboxylic acids is 4. The minimum atomic E-state index is -0.396. The number of nitrogens with zero attached hydrogens (tertiary/aromatic N) is 2. The summed E-state index contributed by atoms with van der Waals surface area (Å²) in [4.78, 5) is 51.0. The molecule has 6 heteroatoms. The van der Waals surface area contributed by atoms with Gasteiger partial charge in [-0.25, -0.2) is 0 Å². The van der Waals surface area contributed by atoms with Crippen LogP contribution in [0.3, 0.4) is 0 Å². The third kappa shape index (κ3) is 2.96. The van der Waals surface area contributed by atoms with Gasteiger partial charge in [0.25, 0.3) is 11.8 Å². The molecule has 120 valence electrons. The highest BCUT2D eigenvalue weighted by molar-refractivity contribution is 6.22. The quantitative estimate of drug-likeness (QED) is 0.549. The van der Waals surface area contributed by atoms with E-state index in [2.05, 4.69) is 0 Å². The lowest BCUT2D eigenvalue weighted by molar-refractivity contribution is -0.139. The normalized spacial score (nSPS) is 22.5. The van der Waals surface area contributed by atoms with Crippen molar-refractivity contribution in [2.75, 3.05) is 13.1 Å². The summed E-state index contributed by atoms with van der Waals surface area (Å²) in [6.07, 6.45) is 3.14. The Morgan fingerprint density at radius 2 is 1.09 bits per heavy atom. The Hall–Kier alpha value is -1.98. The van der Waals surface area contributed by atoms with Crippen molar-refractivity contribution >= 4 is 23.6 Å². The summed E-state index contributed by atoms with van der Waals surface area (Å²) in [7, 11) is 0. The number of unbranched alkanes of at least 4 members (excludes halogenated alkanes) is 2. The lowest BCUT2D eigenvalue weighted by atomic mass is 10.1. The molecular formula is C16H22N2O4. The first-order valence-corrected chi connectivity index (χ1v) is 7.92. The molecular weight excluding hydrogens is 284 g/mol. The fourth-order valence-corrected chi connectivity index (χ4v) is 2.75. The highest BCUT2D eigenvalue weighted by atomic mass is 16.2. The average Bonchev–Trinajstić information content (AvgIpc) is 2.92. The summed E-state index contributed by atoms with van der Waals surface area (Å²) in [5, 5.41) is 0. The van der Waals surface area contributed by atoms with Crippen molar-refractivity contribution in [1.29, 1.82) is 0 Å². The summed E-state index contributed by atoms with van der Waals surface area (Å²) in [6.45, 7) is 4.73. The molecule has 0 aromatic rings. The first-order valence-electron chi connectivity index (χ1n) is 7.92. The second kappa shape index (κ2) is 6.85. The largest absolute Gasteiger partial charge is 0.278 e. The van der Waals surface area contributed by atoms with Crippen molar-refractivity contribution in [2.24, 2.45) is 0 Å². The van der Waals surface area contributed by atoms with Crippen molar-refractivity contribution in [1.82, 2.24) is 9.80 Å². The summed E-state index contributed by atoms with van der Waals surface area (Å²) in [5.41, 5.74) is 0.442. The zero-order valence-corrected chi connectivity index (χ0v) is 13.2. The van der Waals surface area contributed by atoms with Gasteiger partial charge in [0, 0.05) is 24.2 Å². The van der Waals surface area contributed by atoms with Crippen molar-refractivity contribution < 1.29 is 19.2 Å². The minimum Gasteiger partial charge on any atom is -0.278 e. The molecule has 0 saturated carbocycles. The van der Waals surface area contributed by atoms with Crippen LogP contribution in [0.2, 0.25) is 0 Å². The van der Waals surface area contributed by atoms with Gasteiger partial charge in [0.15, 0.2) is 0 Å². The molecule has 22 heavy (non-hydrogen) atoms. The fraction of sp³-hybridized carbons (Fsp3) is 0.625. The van der Waals surface area contributed by atoms with Gasteiger partial charge in [-0.2, -0.15) is 0 Å². The molecule has 0 aliphatic carbocycles. The van der Waals surface area contributed by atoms with Crippen LogP contribution in [0.1, 0.15) is 52.4 Å². The number of hydrogen-bond acceptors (Lipinski definition) is 4. The predicted octanol–water partition coefficient (Wildman–Crippen LogP) is 1.40. The Morgan fingerprint density at radius 3 is 1.41 bits per heavy atom. The second-order valence-corrected chi connectivity index (χ2v) is 5.72. The molecule has 2 saturated heterocycles. The van der Waals surface area contributed by atoms with E-state index in [0.29, 0.717) is 13.1 Å². The summed E-state index contributed by atoms with van der Waals surface area (Å²) in [5.74, 6) is -1.33. The van der Waals surface area contributed by atoms with Crippen LogP contribution < -0.4 is 0 Å². The van der Waals surface area contributed by atoms with E-state index in [9.17, 15) is 19.2 Å². The maximum atomic E-state index is 12.3. The molecule has 0 unspecified atom stereocenters. The van der Waals surface area contributed by atoms with Gasteiger partial charge in [-0.05, 0) is 12.8 Å². The molecule has 0 spiro atoms. The van der Waals surface area contributed by atoms with Crippen LogP contribution in [-0.4, -0.2) is 46.5 Å². The smallest absolute Gasteiger partial charge is 0.257 e. The van der Waals surface area contributed by atoms with Crippen molar-refractivity contribution in [3.63, 3.8) is 0 Å². The molecule has 2 aliphatic rings. The fourth-order valence-electron chi connectivity index (χ4n) is 2.75. The summed E-state index contributed by atoms with van der Waals surface area (Å²) in [6, 6.07) is 0. The van der Waals surface area contributed by atoms with Gasteiger partial charge < -0.3 is 0 Å². The lowest BCUT2D eigenvalue weighted by Crippen LogP contribution is -2.31. The van der Waals surface area contributed by atoms with Crippen LogP contribution in [0.4, 0.5) is 0 Å². The summed E-state index contributed by atoms with van der Waals surface area (Å²) < 4.78 is 0. The standard InChI is InChI=1S/C16H22N2O4/c1-3-5-7-17-13(19)9-11(15(17)21)12-10-14(20)18(16(12)22)8-6-4-2/h3-10H2,1-2H3/b12-11-. The summed E-state index contributed by atoms with van der Waals surface area (Å²) >= 11 is 0. The van der Waals surface area contributed by atoms with E-state index < -0.39 is 11.8 Å². The Labute approximate surface area is 130 Å². The second-order valence-electron chi connectivity index (χ2n) is 5.72. The molecule has 0 aromatic carbocycles. The van der Waals surface area contributed by atoms with Crippen LogP contribution in [0.15, 0.2) is 11.1 Å². The van der Waals surface area contributed by atoms with Gasteiger partial charge >= 0.3 is 0 Å². The van der Waals surface area contributed by atoms with Crippen LogP contribution >= 0.6 is 0 Å². The predicted molar refractivity (Wildman–Crippen MR) is 79.5 cm³/mol. The van der Waals surface area contributed by atoms with Gasteiger partial charge in [0.05, 0.1) is 12.8 Å². The van der Waals surface area contributed by atoms with Gasteiger partial charge in [-0.1, -0.05) is 26.7 Å².